The van der Waals surface area contributed by atoms with E-state index in [1.165, 1.54) is 15.6 Å². The fraction of sp³-hybridized carbons (Fsp3) is 0.455. The molecule has 0 radical (unpaired) electrons. The Morgan fingerprint density at radius 1 is 1.23 bits per heavy atom. The highest BCUT2D eigenvalue weighted by Crippen LogP contribution is 2.31. The lowest BCUT2D eigenvalue weighted by molar-refractivity contribution is -0.137. The summed E-state index contributed by atoms with van der Waals surface area (Å²) in [6.07, 6.45) is 2.14. The zero-order chi connectivity index (χ0) is 21.8. The molecule has 0 bridgehead atoms. The maximum atomic E-state index is 13.4. The van der Waals surface area contributed by atoms with Gasteiger partial charge in [-0.05, 0) is 32.8 Å². The first kappa shape index (κ1) is 20.3. The van der Waals surface area contributed by atoms with Crippen LogP contribution in [0.1, 0.15) is 35.6 Å². The lowest BCUT2D eigenvalue weighted by atomic mass is 9.96. The van der Waals surface area contributed by atoms with Gasteiger partial charge in [0, 0.05) is 54.8 Å². The van der Waals surface area contributed by atoms with Gasteiger partial charge in [0.1, 0.15) is 10.6 Å². The van der Waals surface area contributed by atoms with Crippen molar-refractivity contribution in [1.82, 2.24) is 19.3 Å². The molecule has 164 valence electrons. The van der Waals surface area contributed by atoms with Gasteiger partial charge in [-0.1, -0.05) is 23.4 Å². The number of piperidine rings is 1. The normalized spacial score (nSPS) is 20.2. The predicted molar refractivity (Wildman–Crippen MR) is 115 cm³/mol. The Morgan fingerprint density at radius 2 is 2.03 bits per heavy atom. The summed E-state index contributed by atoms with van der Waals surface area (Å²) in [5.74, 6) is -0.0146. The third kappa shape index (κ3) is 3.36. The number of aromatic amines is 1. The number of hydrogen-bond acceptors (Lipinski definition) is 5. The number of fused-ring (bicyclic) bond motifs is 3. The second-order valence-electron chi connectivity index (χ2n) is 8.49. The molecule has 1 fully saturated rings. The third-order valence-corrected chi connectivity index (χ3v) is 8.60. The number of nitrogens with one attached hydrogen (secondary N) is 1. The van der Waals surface area contributed by atoms with E-state index in [0.29, 0.717) is 38.2 Å². The number of amides is 1. The van der Waals surface area contributed by atoms with Crippen molar-refractivity contribution in [3.8, 4) is 0 Å². The molecule has 31 heavy (non-hydrogen) atoms. The Hall–Kier alpha value is -2.65. The van der Waals surface area contributed by atoms with Crippen LogP contribution in [0.5, 0.6) is 0 Å². The Bertz CT molecular complexity index is 1240. The number of aryl methyl sites for hydroxylation is 2. The quantitative estimate of drug-likeness (QED) is 0.672. The van der Waals surface area contributed by atoms with E-state index in [1.807, 2.05) is 17.0 Å². The van der Waals surface area contributed by atoms with Crippen LogP contribution in [-0.2, 0) is 27.8 Å². The van der Waals surface area contributed by atoms with Gasteiger partial charge in [-0.15, -0.1) is 0 Å². The fourth-order valence-corrected chi connectivity index (χ4v) is 6.76. The minimum Gasteiger partial charge on any atom is -0.360 e. The summed E-state index contributed by atoms with van der Waals surface area (Å²) in [5.41, 5.74) is 3.81. The van der Waals surface area contributed by atoms with E-state index in [2.05, 4.69) is 22.3 Å². The second-order valence-corrected chi connectivity index (χ2v) is 10.4. The standard InChI is InChI=1S/C22H26N4O4S/c1-14-21(15(2)30-24-14)31(28,29)26-10-5-6-16(12-26)22(27)25-11-9-20-18(13-25)17-7-3-4-8-19(17)23-20/h3-4,7-8,16,23H,5-6,9-13H2,1-2H3/t16-/m1/s1. The Morgan fingerprint density at radius 3 is 2.81 bits per heavy atom. The molecule has 0 unspecified atom stereocenters. The van der Waals surface area contributed by atoms with E-state index in [0.717, 1.165) is 17.3 Å². The number of H-pyrrole nitrogens is 1. The fourth-order valence-electron chi connectivity index (χ4n) is 4.95. The molecular weight excluding hydrogens is 416 g/mol. The summed E-state index contributed by atoms with van der Waals surface area (Å²) in [6.45, 7) is 5.04. The predicted octanol–water partition coefficient (Wildman–Crippen LogP) is 2.76. The van der Waals surface area contributed by atoms with Crippen molar-refractivity contribution >= 4 is 26.8 Å². The number of benzene rings is 1. The van der Waals surface area contributed by atoms with Crippen LogP contribution in [-0.4, -0.2) is 53.3 Å². The minimum atomic E-state index is -3.74. The molecule has 0 saturated carbocycles. The highest BCUT2D eigenvalue weighted by Gasteiger charge is 2.38. The first-order valence-corrected chi connectivity index (χ1v) is 12.1. The monoisotopic (exact) mass is 442 g/mol. The Labute approximate surface area is 181 Å². The Kier molecular flexibility index (Phi) is 4.90. The van der Waals surface area contributed by atoms with Crippen LogP contribution in [0.3, 0.4) is 0 Å². The third-order valence-electron chi connectivity index (χ3n) is 6.49. The molecule has 1 atom stereocenters. The van der Waals surface area contributed by atoms with Crippen molar-refractivity contribution < 1.29 is 17.7 Å². The van der Waals surface area contributed by atoms with E-state index < -0.39 is 10.0 Å². The topological polar surface area (TPSA) is 99.5 Å². The molecule has 9 heteroatoms. The largest absolute Gasteiger partial charge is 0.360 e. The number of carbonyl (C=O) groups excluding carboxylic acids is 1. The van der Waals surface area contributed by atoms with Gasteiger partial charge in [-0.2, -0.15) is 4.31 Å². The average molecular weight is 443 g/mol. The number of para-hydroxylation sites is 1. The first-order chi connectivity index (χ1) is 14.9. The van der Waals surface area contributed by atoms with Crippen molar-refractivity contribution in [2.75, 3.05) is 19.6 Å². The van der Waals surface area contributed by atoms with Crippen LogP contribution in [0, 0.1) is 19.8 Å². The minimum absolute atomic E-state index is 0.0367. The van der Waals surface area contributed by atoms with E-state index >= 15 is 0 Å². The molecule has 1 N–H and O–H groups in total. The zero-order valence-corrected chi connectivity index (χ0v) is 18.5. The maximum Gasteiger partial charge on any atom is 0.248 e. The van der Waals surface area contributed by atoms with Crippen LogP contribution < -0.4 is 0 Å². The molecule has 5 rings (SSSR count). The average Bonchev–Trinajstić information content (AvgIpc) is 3.32. The van der Waals surface area contributed by atoms with Gasteiger partial charge in [-0.3, -0.25) is 4.79 Å². The molecule has 2 aliphatic rings. The smallest absolute Gasteiger partial charge is 0.248 e. The van der Waals surface area contributed by atoms with Crippen LogP contribution in [0.2, 0.25) is 0 Å². The van der Waals surface area contributed by atoms with Crippen LogP contribution in [0.4, 0.5) is 0 Å². The van der Waals surface area contributed by atoms with E-state index in [-0.39, 0.29) is 29.0 Å². The van der Waals surface area contributed by atoms with Crippen molar-refractivity contribution in [2.45, 2.75) is 44.6 Å². The van der Waals surface area contributed by atoms with Gasteiger partial charge >= 0.3 is 0 Å². The number of carbonyl (C=O) groups is 1. The molecule has 1 saturated heterocycles. The summed E-state index contributed by atoms with van der Waals surface area (Å²) in [6, 6.07) is 8.15. The highest BCUT2D eigenvalue weighted by atomic mass is 32.2. The number of sulfonamides is 1. The second kappa shape index (κ2) is 7.49. The van der Waals surface area contributed by atoms with Crippen molar-refractivity contribution in [1.29, 1.82) is 0 Å². The SMILES string of the molecule is Cc1noc(C)c1S(=O)(=O)N1CCC[C@@H](C(=O)N2CCc3[nH]c4ccccc4c3C2)C1. The molecular formula is C22H26N4O4S. The molecule has 4 heterocycles. The molecule has 1 aromatic carbocycles. The van der Waals surface area contributed by atoms with Crippen LogP contribution in [0.25, 0.3) is 10.9 Å². The number of aromatic nitrogens is 2. The summed E-state index contributed by atoms with van der Waals surface area (Å²) < 4.78 is 32.9. The molecule has 1 amide bonds. The summed E-state index contributed by atoms with van der Waals surface area (Å²) in [5, 5.41) is 4.94. The van der Waals surface area contributed by atoms with Gasteiger partial charge < -0.3 is 14.4 Å². The van der Waals surface area contributed by atoms with Gasteiger partial charge in [0.25, 0.3) is 0 Å². The summed E-state index contributed by atoms with van der Waals surface area (Å²) in [4.78, 5) is 18.9. The summed E-state index contributed by atoms with van der Waals surface area (Å²) in [7, 11) is -3.74. The first-order valence-electron chi connectivity index (χ1n) is 10.7. The van der Waals surface area contributed by atoms with Gasteiger partial charge in [-0.25, -0.2) is 8.42 Å². The van der Waals surface area contributed by atoms with Crippen molar-refractivity contribution in [2.24, 2.45) is 5.92 Å². The highest BCUT2D eigenvalue weighted by molar-refractivity contribution is 7.89. The molecule has 0 spiro atoms. The van der Waals surface area contributed by atoms with Crippen LogP contribution in [0.15, 0.2) is 33.7 Å². The maximum absolute atomic E-state index is 13.4. The van der Waals surface area contributed by atoms with Gasteiger partial charge in [0.05, 0.1) is 5.92 Å². The van der Waals surface area contributed by atoms with E-state index in [1.54, 1.807) is 13.8 Å². The van der Waals surface area contributed by atoms with Crippen molar-refractivity contribution in [3.63, 3.8) is 0 Å². The molecule has 2 aromatic heterocycles. The molecule has 3 aromatic rings. The molecule has 8 nitrogen and oxygen atoms in total. The van der Waals surface area contributed by atoms with E-state index in [9.17, 15) is 13.2 Å². The number of nitrogens with zero attached hydrogens (tertiary/aromatic N) is 3. The molecule has 0 aliphatic carbocycles. The molecule has 2 aliphatic heterocycles. The van der Waals surface area contributed by atoms with Crippen LogP contribution >= 0.6 is 0 Å². The van der Waals surface area contributed by atoms with Gasteiger partial charge in [0.15, 0.2) is 5.76 Å². The lowest BCUT2D eigenvalue weighted by Gasteiger charge is -2.35. The van der Waals surface area contributed by atoms with Crippen molar-refractivity contribution in [3.05, 3.63) is 47.0 Å². The van der Waals surface area contributed by atoms with E-state index in [4.69, 9.17) is 4.52 Å². The lowest BCUT2D eigenvalue weighted by Crippen LogP contribution is -2.47. The van der Waals surface area contributed by atoms with Gasteiger partial charge in [0.2, 0.25) is 15.9 Å². The number of rotatable bonds is 3. The summed E-state index contributed by atoms with van der Waals surface area (Å²) >= 11 is 0. The zero-order valence-electron chi connectivity index (χ0n) is 17.7. The number of hydrogen-bond donors (Lipinski definition) is 1. The Balaban J connectivity index is 1.36.